The van der Waals surface area contributed by atoms with Crippen LogP contribution in [-0.4, -0.2) is 35.3 Å². The largest absolute Gasteiger partial charge is 0.486 e. The van der Waals surface area contributed by atoms with Crippen molar-refractivity contribution in [2.75, 3.05) is 18.9 Å². The first kappa shape index (κ1) is 22.5. The van der Waals surface area contributed by atoms with Gasteiger partial charge in [-0.3, -0.25) is 9.59 Å². The number of nitrogens with zero attached hydrogens (tertiary/aromatic N) is 2. The number of aromatic nitrogens is 1. The van der Waals surface area contributed by atoms with Gasteiger partial charge in [-0.2, -0.15) is 0 Å². The number of amides is 2. The fourth-order valence-electron chi connectivity index (χ4n) is 3.01. The lowest BCUT2D eigenvalue weighted by Crippen LogP contribution is -2.36. The van der Waals surface area contributed by atoms with Gasteiger partial charge >= 0.3 is 0 Å². The summed E-state index contributed by atoms with van der Waals surface area (Å²) in [5, 5.41) is 5.55. The maximum absolute atomic E-state index is 12.5. The van der Waals surface area contributed by atoms with Gasteiger partial charge < -0.3 is 15.0 Å². The summed E-state index contributed by atoms with van der Waals surface area (Å²) in [5.74, 6) is 0.409. The van der Waals surface area contributed by atoms with E-state index in [1.807, 2.05) is 67.8 Å². The van der Waals surface area contributed by atoms with E-state index in [0.717, 1.165) is 28.4 Å². The molecule has 0 radical (unpaired) electrons. The lowest BCUT2D eigenvalue weighted by Gasteiger charge is -2.17. The minimum absolute atomic E-state index is 0.00951. The molecule has 0 aliphatic carbocycles. The molecule has 3 aromatic rings. The second-order valence-electron chi connectivity index (χ2n) is 7.32. The van der Waals surface area contributed by atoms with Crippen LogP contribution in [0.4, 0.5) is 5.69 Å². The van der Waals surface area contributed by atoms with Crippen molar-refractivity contribution in [3.8, 4) is 5.75 Å². The minimum atomic E-state index is -0.220. The zero-order chi connectivity index (χ0) is 22.2. The third-order valence-electron chi connectivity index (χ3n) is 4.79. The first-order chi connectivity index (χ1) is 14.9. The van der Waals surface area contributed by atoms with E-state index >= 15 is 0 Å². The first-order valence-corrected chi connectivity index (χ1v) is 11.1. The van der Waals surface area contributed by atoms with Crippen LogP contribution >= 0.6 is 11.3 Å². The van der Waals surface area contributed by atoms with Gasteiger partial charge in [0, 0.05) is 18.1 Å². The maximum Gasteiger partial charge on any atom is 0.243 e. The van der Waals surface area contributed by atoms with Crippen LogP contribution in [0.3, 0.4) is 0 Å². The Hall–Kier alpha value is -3.19. The van der Waals surface area contributed by atoms with Gasteiger partial charge in [0.25, 0.3) is 0 Å². The van der Waals surface area contributed by atoms with Crippen LogP contribution in [0.5, 0.6) is 5.75 Å². The summed E-state index contributed by atoms with van der Waals surface area (Å²) in [6.07, 6.45) is 0.974. The van der Waals surface area contributed by atoms with Gasteiger partial charge in [-0.05, 0) is 37.1 Å². The Bertz CT molecular complexity index is 1030. The highest BCUT2D eigenvalue weighted by molar-refractivity contribution is 7.09. The van der Waals surface area contributed by atoms with Gasteiger partial charge in [0.05, 0.1) is 18.7 Å². The van der Waals surface area contributed by atoms with E-state index in [2.05, 4.69) is 10.3 Å². The highest BCUT2D eigenvalue weighted by Crippen LogP contribution is 2.17. The van der Waals surface area contributed by atoms with E-state index in [4.69, 9.17) is 4.74 Å². The molecular formula is C24H27N3O3S. The SMILES string of the molecule is CCc1ccccc1NC(=O)CN(C)C(=O)Cc1csc(COc2ccc(C)cc2)n1. The Labute approximate surface area is 186 Å². The molecule has 0 aliphatic heterocycles. The number of para-hydroxylation sites is 1. The van der Waals surface area contributed by atoms with Crippen molar-refractivity contribution < 1.29 is 14.3 Å². The van der Waals surface area contributed by atoms with Crippen LogP contribution in [0.15, 0.2) is 53.9 Å². The second-order valence-corrected chi connectivity index (χ2v) is 8.26. The maximum atomic E-state index is 12.5. The van der Waals surface area contributed by atoms with Crippen LogP contribution in [0.1, 0.15) is 28.8 Å². The summed E-state index contributed by atoms with van der Waals surface area (Å²) >= 11 is 1.46. The third-order valence-corrected chi connectivity index (χ3v) is 5.66. The fourth-order valence-corrected chi connectivity index (χ4v) is 3.71. The molecule has 0 bridgehead atoms. The molecule has 0 saturated carbocycles. The summed E-state index contributed by atoms with van der Waals surface area (Å²) in [5.41, 5.74) is 3.71. The van der Waals surface area contributed by atoms with Crippen molar-refractivity contribution in [2.24, 2.45) is 0 Å². The average Bonchev–Trinajstić information content (AvgIpc) is 3.21. The number of rotatable bonds is 9. The standard InChI is InChI=1S/C24H27N3O3S/c1-4-18-7-5-6-8-21(18)26-22(28)14-27(3)24(29)13-19-16-31-23(25-19)15-30-20-11-9-17(2)10-12-20/h5-12,16H,4,13-15H2,1-3H3,(H,26,28). The van der Waals surface area contributed by atoms with E-state index in [1.54, 1.807) is 7.05 Å². The number of benzene rings is 2. The van der Waals surface area contributed by atoms with Crippen LogP contribution in [0.2, 0.25) is 0 Å². The van der Waals surface area contributed by atoms with Crippen molar-refractivity contribution >= 4 is 28.8 Å². The van der Waals surface area contributed by atoms with Crippen LogP contribution in [-0.2, 0) is 29.0 Å². The highest BCUT2D eigenvalue weighted by Gasteiger charge is 2.16. The fraction of sp³-hybridized carbons (Fsp3) is 0.292. The van der Waals surface area contributed by atoms with Crippen molar-refractivity contribution in [3.05, 3.63) is 75.7 Å². The van der Waals surface area contributed by atoms with E-state index < -0.39 is 0 Å². The van der Waals surface area contributed by atoms with Crippen molar-refractivity contribution in [3.63, 3.8) is 0 Å². The number of anilines is 1. The number of nitrogens with one attached hydrogen (secondary N) is 1. The second kappa shape index (κ2) is 10.7. The summed E-state index contributed by atoms with van der Waals surface area (Å²) in [6, 6.07) is 15.5. The Morgan fingerprint density at radius 3 is 2.61 bits per heavy atom. The molecule has 0 atom stereocenters. The molecule has 0 fully saturated rings. The quantitative estimate of drug-likeness (QED) is 0.544. The van der Waals surface area contributed by atoms with E-state index in [0.29, 0.717) is 12.3 Å². The number of hydrogen-bond donors (Lipinski definition) is 1. The minimum Gasteiger partial charge on any atom is -0.486 e. The number of carbonyl (C=O) groups excluding carboxylic acids is 2. The summed E-state index contributed by atoms with van der Waals surface area (Å²) in [4.78, 5) is 30.8. The predicted molar refractivity (Wildman–Crippen MR) is 123 cm³/mol. The monoisotopic (exact) mass is 437 g/mol. The molecule has 0 unspecified atom stereocenters. The number of ether oxygens (including phenoxy) is 1. The molecule has 2 aromatic carbocycles. The molecule has 1 heterocycles. The van der Waals surface area contributed by atoms with Gasteiger partial charge in [0.1, 0.15) is 17.4 Å². The molecule has 3 rings (SSSR count). The van der Waals surface area contributed by atoms with Crippen molar-refractivity contribution in [1.29, 1.82) is 0 Å². The summed E-state index contributed by atoms with van der Waals surface area (Å²) in [6.45, 7) is 4.41. The molecule has 0 aliphatic rings. The predicted octanol–water partition coefficient (Wildman–Crippen LogP) is 4.23. The molecule has 6 nitrogen and oxygen atoms in total. The van der Waals surface area contributed by atoms with Gasteiger partial charge in [0.15, 0.2) is 0 Å². The van der Waals surface area contributed by atoms with Gasteiger partial charge in [-0.25, -0.2) is 4.98 Å². The third kappa shape index (κ3) is 6.65. The number of carbonyl (C=O) groups is 2. The molecule has 0 saturated heterocycles. The zero-order valence-corrected chi connectivity index (χ0v) is 18.9. The van der Waals surface area contributed by atoms with Crippen molar-refractivity contribution in [1.82, 2.24) is 9.88 Å². The highest BCUT2D eigenvalue weighted by atomic mass is 32.1. The number of hydrogen-bond acceptors (Lipinski definition) is 5. The molecule has 31 heavy (non-hydrogen) atoms. The van der Waals surface area contributed by atoms with Crippen LogP contribution < -0.4 is 10.1 Å². The van der Waals surface area contributed by atoms with E-state index in [9.17, 15) is 9.59 Å². The molecule has 0 spiro atoms. The van der Waals surface area contributed by atoms with E-state index in [-0.39, 0.29) is 24.8 Å². The van der Waals surface area contributed by atoms with Gasteiger partial charge in [-0.1, -0.05) is 42.8 Å². The van der Waals surface area contributed by atoms with Crippen LogP contribution in [0, 0.1) is 6.92 Å². The van der Waals surface area contributed by atoms with E-state index in [1.165, 1.54) is 21.8 Å². The topological polar surface area (TPSA) is 71.5 Å². The summed E-state index contributed by atoms with van der Waals surface area (Å²) < 4.78 is 5.74. The Balaban J connectivity index is 1.48. The van der Waals surface area contributed by atoms with Crippen LogP contribution in [0.25, 0.3) is 0 Å². The molecule has 1 N–H and O–H groups in total. The van der Waals surface area contributed by atoms with Gasteiger partial charge in [-0.15, -0.1) is 11.3 Å². The number of thiazole rings is 1. The Morgan fingerprint density at radius 2 is 1.87 bits per heavy atom. The molecule has 1 aromatic heterocycles. The zero-order valence-electron chi connectivity index (χ0n) is 18.1. The molecule has 7 heteroatoms. The summed E-state index contributed by atoms with van der Waals surface area (Å²) in [7, 11) is 1.63. The average molecular weight is 438 g/mol. The number of aryl methyl sites for hydroxylation is 2. The van der Waals surface area contributed by atoms with Crippen molar-refractivity contribution in [2.45, 2.75) is 33.3 Å². The molecule has 162 valence electrons. The smallest absolute Gasteiger partial charge is 0.243 e. The molecule has 2 amide bonds. The Morgan fingerprint density at radius 1 is 1.13 bits per heavy atom. The Kier molecular flexibility index (Phi) is 7.78. The normalized spacial score (nSPS) is 10.5. The number of likely N-dealkylation sites (N-methyl/N-ethyl adjacent to an activating group) is 1. The van der Waals surface area contributed by atoms with Gasteiger partial charge in [0.2, 0.25) is 11.8 Å². The molecular weight excluding hydrogens is 410 g/mol. The lowest BCUT2D eigenvalue weighted by molar-refractivity contribution is -0.132. The first-order valence-electron chi connectivity index (χ1n) is 10.2. The lowest BCUT2D eigenvalue weighted by atomic mass is 10.1.